The molecule has 0 amide bonds. The Morgan fingerprint density at radius 2 is 1.22 bits per heavy atom. The highest BCUT2D eigenvalue weighted by Crippen LogP contribution is 2.38. The van der Waals surface area contributed by atoms with Crippen LogP contribution in [0.25, 0.3) is 27.8 Å². The molecule has 6 aromatic rings. The van der Waals surface area contributed by atoms with Crippen LogP contribution in [0.15, 0.2) is 128 Å². The zero-order valence-electron chi connectivity index (χ0n) is 23.3. The second-order valence-electron chi connectivity index (χ2n) is 10.8. The molecule has 7 rings (SSSR count). The second kappa shape index (κ2) is 11.0. The van der Waals surface area contributed by atoms with E-state index in [1.807, 2.05) is 0 Å². The van der Waals surface area contributed by atoms with E-state index in [0.29, 0.717) is 0 Å². The van der Waals surface area contributed by atoms with Crippen molar-refractivity contribution in [1.29, 1.82) is 0 Å². The molecule has 3 heterocycles. The predicted molar refractivity (Wildman–Crippen MR) is 168 cm³/mol. The second-order valence-corrected chi connectivity index (χ2v) is 10.8. The van der Waals surface area contributed by atoms with E-state index < -0.39 is 0 Å². The minimum atomic E-state index is 0.229. The minimum absolute atomic E-state index is 0.229. The molecule has 5 heteroatoms. The molecule has 2 aromatic heterocycles. The summed E-state index contributed by atoms with van der Waals surface area (Å²) in [5.74, 6) is 1.01. The van der Waals surface area contributed by atoms with Crippen molar-refractivity contribution in [2.75, 3.05) is 31.1 Å². The van der Waals surface area contributed by atoms with E-state index in [9.17, 15) is 0 Å². The van der Waals surface area contributed by atoms with Crippen LogP contribution in [0.3, 0.4) is 0 Å². The van der Waals surface area contributed by atoms with Crippen LogP contribution in [0.2, 0.25) is 0 Å². The first-order valence-electron chi connectivity index (χ1n) is 14.3. The predicted octanol–water partition coefficient (Wildman–Crippen LogP) is 7.31. The molecular weight excluding hydrogens is 502 g/mol. The molecule has 0 atom stereocenters. The summed E-state index contributed by atoms with van der Waals surface area (Å²) in [7, 11) is 0. The Morgan fingerprint density at radius 1 is 0.634 bits per heavy atom. The van der Waals surface area contributed by atoms with Crippen molar-refractivity contribution < 1.29 is 0 Å². The van der Waals surface area contributed by atoms with Crippen molar-refractivity contribution in [3.8, 4) is 16.8 Å². The van der Waals surface area contributed by atoms with Gasteiger partial charge in [0.2, 0.25) is 0 Å². The van der Waals surface area contributed by atoms with Gasteiger partial charge in [-0.2, -0.15) is 0 Å². The summed E-state index contributed by atoms with van der Waals surface area (Å²) in [6.07, 6.45) is 3.94. The number of aromatic nitrogens is 3. The molecule has 1 fully saturated rings. The smallest absolute Gasteiger partial charge is 0.150 e. The SMILES string of the molecule is Cc1ccc(-n2cc(-c3ccccc3)c3c(N4CCN(C(c5ccccc5)c5ccccc5)CC4)ncnc32)cc1. The first-order valence-corrected chi connectivity index (χ1v) is 14.3. The quantitative estimate of drug-likeness (QED) is 0.224. The van der Waals surface area contributed by atoms with Gasteiger partial charge in [-0.15, -0.1) is 0 Å². The summed E-state index contributed by atoms with van der Waals surface area (Å²) in [6, 6.07) is 41.2. The molecule has 1 aliphatic rings. The maximum absolute atomic E-state index is 4.91. The van der Waals surface area contributed by atoms with Crippen molar-refractivity contribution in [3.05, 3.63) is 144 Å². The normalized spacial score (nSPS) is 14.1. The maximum Gasteiger partial charge on any atom is 0.150 e. The van der Waals surface area contributed by atoms with Gasteiger partial charge in [-0.25, -0.2) is 9.97 Å². The van der Waals surface area contributed by atoms with Crippen LogP contribution in [0.4, 0.5) is 5.82 Å². The lowest BCUT2D eigenvalue weighted by atomic mass is 9.96. The molecule has 4 aromatic carbocycles. The average Bonchev–Trinajstić information content (AvgIpc) is 3.44. The van der Waals surface area contributed by atoms with E-state index in [1.54, 1.807) is 6.33 Å². The zero-order valence-corrected chi connectivity index (χ0v) is 23.3. The summed E-state index contributed by atoms with van der Waals surface area (Å²) >= 11 is 0. The number of anilines is 1. The van der Waals surface area contributed by atoms with Gasteiger partial charge in [0.1, 0.15) is 12.1 Å². The van der Waals surface area contributed by atoms with Gasteiger partial charge in [-0.3, -0.25) is 4.90 Å². The van der Waals surface area contributed by atoms with E-state index in [1.165, 1.54) is 22.3 Å². The highest BCUT2D eigenvalue weighted by molar-refractivity contribution is 6.02. The van der Waals surface area contributed by atoms with Gasteiger partial charge in [-0.1, -0.05) is 109 Å². The number of rotatable bonds is 6. The third kappa shape index (κ3) is 4.90. The Balaban J connectivity index is 1.26. The number of piperazine rings is 1. The van der Waals surface area contributed by atoms with Gasteiger partial charge in [0, 0.05) is 43.6 Å². The lowest BCUT2D eigenvalue weighted by Gasteiger charge is -2.40. The van der Waals surface area contributed by atoms with Gasteiger partial charge in [0.25, 0.3) is 0 Å². The Labute approximate surface area is 241 Å². The average molecular weight is 536 g/mol. The molecule has 0 saturated carbocycles. The molecule has 1 saturated heterocycles. The highest BCUT2D eigenvalue weighted by atomic mass is 15.3. The van der Waals surface area contributed by atoms with Crippen molar-refractivity contribution >= 4 is 16.9 Å². The molecule has 0 N–H and O–H groups in total. The number of nitrogens with zero attached hydrogens (tertiary/aromatic N) is 5. The molecule has 0 spiro atoms. The molecule has 0 radical (unpaired) electrons. The van der Waals surface area contributed by atoms with Crippen LogP contribution in [0, 0.1) is 6.92 Å². The molecule has 0 unspecified atom stereocenters. The Kier molecular flexibility index (Phi) is 6.79. The third-order valence-electron chi connectivity index (χ3n) is 8.17. The fourth-order valence-corrected chi connectivity index (χ4v) is 6.10. The van der Waals surface area contributed by atoms with Gasteiger partial charge in [-0.05, 0) is 35.7 Å². The fourth-order valence-electron chi connectivity index (χ4n) is 6.10. The number of aryl methyl sites for hydroxylation is 1. The van der Waals surface area contributed by atoms with Gasteiger partial charge in [0.05, 0.1) is 11.4 Å². The molecular formula is C36H33N5. The van der Waals surface area contributed by atoms with Crippen LogP contribution < -0.4 is 4.90 Å². The van der Waals surface area contributed by atoms with Gasteiger partial charge < -0.3 is 9.47 Å². The monoisotopic (exact) mass is 535 g/mol. The van der Waals surface area contributed by atoms with Crippen LogP contribution >= 0.6 is 0 Å². The van der Waals surface area contributed by atoms with Crippen molar-refractivity contribution in [3.63, 3.8) is 0 Å². The fraction of sp³-hybridized carbons (Fsp3) is 0.167. The Bertz CT molecular complexity index is 1700. The molecule has 202 valence electrons. The van der Waals surface area contributed by atoms with E-state index in [2.05, 4.69) is 143 Å². The third-order valence-corrected chi connectivity index (χ3v) is 8.17. The van der Waals surface area contributed by atoms with E-state index in [0.717, 1.165) is 54.3 Å². The first kappa shape index (κ1) is 25.2. The number of hydrogen-bond acceptors (Lipinski definition) is 4. The Hall–Kier alpha value is -4.74. The molecule has 0 bridgehead atoms. The molecule has 41 heavy (non-hydrogen) atoms. The van der Waals surface area contributed by atoms with Crippen molar-refractivity contribution in [2.45, 2.75) is 13.0 Å². The summed E-state index contributed by atoms with van der Waals surface area (Å²) in [5, 5.41) is 1.11. The lowest BCUT2D eigenvalue weighted by Crippen LogP contribution is -2.48. The minimum Gasteiger partial charge on any atom is -0.353 e. The van der Waals surface area contributed by atoms with Crippen LogP contribution in [0.5, 0.6) is 0 Å². The largest absolute Gasteiger partial charge is 0.353 e. The van der Waals surface area contributed by atoms with Crippen LogP contribution in [-0.2, 0) is 0 Å². The van der Waals surface area contributed by atoms with Crippen LogP contribution in [0.1, 0.15) is 22.7 Å². The van der Waals surface area contributed by atoms with E-state index >= 15 is 0 Å². The molecule has 1 aliphatic heterocycles. The van der Waals surface area contributed by atoms with E-state index in [4.69, 9.17) is 9.97 Å². The zero-order chi connectivity index (χ0) is 27.6. The maximum atomic E-state index is 4.91. The molecule has 0 aliphatic carbocycles. The summed E-state index contributed by atoms with van der Waals surface area (Å²) < 4.78 is 2.21. The van der Waals surface area contributed by atoms with Crippen molar-refractivity contribution in [2.24, 2.45) is 0 Å². The Morgan fingerprint density at radius 3 is 1.83 bits per heavy atom. The first-order chi connectivity index (χ1) is 20.3. The standard InChI is InChI=1S/C36H33N5/c1-27-17-19-31(20-18-27)41-25-32(28-11-5-2-6-12-28)33-35(37-26-38-36(33)41)40-23-21-39(22-24-40)34(29-13-7-3-8-14-29)30-15-9-4-10-16-30/h2-20,25-26,34H,21-24H2,1H3. The van der Waals surface area contributed by atoms with Crippen molar-refractivity contribution in [1.82, 2.24) is 19.4 Å². The van der Waals surface area contributed by atoms with Gasteiger partial charge >= 0.3 is 0 Å². The van der Waals surface area contributed by atoms with Gasteiger partial charge in [0.15, 0.2) is 5.65 Å². The highest BCUT2D eigenvalue weighted by Gasteiger charge is 2.29. The molecule has 5 nitrogen and oxygen atoms in total. The number of hydrogen-bond donors (Lipinski definition) is 0. The lowest BCUT2D eigenvalue weighted by molar-refractivity contribution is 0.212. The summed E-state index contributed by atoms with van der Waals surface area (Å²) in [5.41, 5.74) is 8.27. The summed E-state index contributed by atoms with van der Waals surface area (Å²) in [6.45, 7) is 5.80. The topological polar surface area (TPSA) is 37.2 Å². The number of fused-ring (bicyclic) bond motifs is 1. The summed E-state index contributed by atoms with van der Waals surface area (Å²) in [4.78, 5) is 14.8. The number of benzene rings is 4. The van der Waals surface area contributed by atoms with Crippen LogP contribution in [-0.4, -0.2) is 45.6 Å². The van der Waals surface area contributed by atoms with E-state index in [-0.39, 0.29) is 6.04 Å².